The fourth-order valence-corrected chi connectivity index (χ4v) is 3.34. The van der Waals surface area contributed by atoms with Gasteiger partial charge in [0.25, 0.3) is 0 Å². The number of amides is 1. The van der Waals surface area contributed by atoms with Gasteiger partial charge in [0.2, 0.25) is 0 Å². The number of carbonyl (C=O) groups is 1. The van der Waals surface area contributed by atoms with E-state index in [0.29, 0.717) is 37.2 Å². The van der Waals surface area contributed by atoms with Crippen molar-refractivity contribution in [1.82, 2.24) is 9.88 Å². The number of hydrogen-bond acceptors (Lipinski definition) is 6. The van der Waals surface area contributed by atoms with Crippen LogP contribution in [0, 0.1) is 0 Å². The van der Waals surface area contributed by atoms with Crippen molar-refractivity contribution in [2.75, 3.05) is 44.3 Å². The highest BCUT2D eigenvalue weighted by molar-refractivity contribution is 6.29. The van der Waals surface area contributed by atoms with Gasteiger partial charge in [0.05, 0.1) is 26.3 Å². The molecular weight excluding hydrogens is 382 g/mol. The molecule has 0 atom stereocenters. The minimum atomic E-state index is -0.328. The van der Waals surface area contributed by atoms with E-state index >= 15 is 0 Å². The lowest BCUT2D eigenvalue weighted by Gasteiger charge is -2.38. The molecule has 1 aromatic heterocycles. The first-order valence-corrected chi connectivity index (χ1v) is 9.68. The molecule has 8 heteroatoms. The van der Waals surface area contributed by atoms with Crippen molar-refractivity contribution in [3.63, 3.8) is 0 Å². The van der Waals surface area contributed by atoms with E-state index in [1.807, 2.05) is 36.4 Å². The lowest BCUT2D eigenvalue weighted by Crippen LogP contribution is -2.56. The molecule has 7 nitrogen and oxygen atoms in total. The lowest BCUT2D eigenvalue weighted by molar-refractivity contribution is 0.00867. The van der Waals surface area contributed by atoms with Crippen LogP contribution in [0.3, 0.4) is 0 Å². The van der Waals surface area contributed by atoms with Gasteiger partial charge in [-0.15, -0.1) is 0 Å². The van der Waals surface area contributed by atoms with Crippen LogP contribution in [0.25, 0.3) is 0 Å². The van der Waals surface area contributed by atoms with E-state index in [-0.39, 0.29) is 18.8 Å². The van der Waals surface area contributed by atoms with Crippen LogP contribution in [0.15, 0.2) is 42.5 Å². The van der Waals surface area contributed by atoms with Crippen molar-refractivity contribution < 1.29 is 19.0 Å². The number of morpholine rings is 1. The van der Waals surface area contributed by atoms with Crippen LogP contribution in [0.2, 0.25) is 5.15 Å². The van der Waals surface area contributed by atoms with Crippen LogP contribution >= 0.6 is 11.6 Å². The first-order valence-electron chi connectivity index (χ1n) is 9.30. The molecular formula is C20H22ClN3O4. The number of rotatable bonds is 5. The summed E-state index contributed by atoms with van der Waals surface area (Å²) in [4.78, 5) is 20.2. The third kappa shape index (κ3) is 4.66. The van der Waals surface area contributed by atoms with Gasteiger partial charge in [0.15, 0.2) is 0 Å². The van der Waals surface area contributed by atoms with Gasteiger partial charge in [-0.1, -0.05) is 41.9 Å². The predicted molar refractivity (Wildman–Crippen MR) is 105 cm³/mol. The first kappa shape index (κ1) is 18.8. The Hall–Kier alpha value is -2.51. The molecule has 2 aliphatic heterocycles. The van der Waals surface area contributed by atoms with E-state index < -0.39 is 0 Å². The van der Waals surface area contributed by atoms with E-state index in [9.17, 15) is 4.79 Å². The summed E-state index contributed by atoms with van der Waals surface area (Å²) >= 11 is 6.16. The average Bonchev–Trinajstić information content (AvgIpc) is 2.69. The molecule has 2 fully saturated rings. The topological polar surface area (TPSA) is 64.1 Å². The lowest BCUT2D eigenvalue weighted by atomic mass is 10.2. The second kappa shape index (κ2) is 8.67. The van der Waals surface area contributed by atoms with Crippen LogP contribution < -0.4 is 9.64 Å². The van der Waals surface area contributed by atoms with E-state index in [4.69, 9.17) is 25.8 Å². The SMILES string of the molecule is O=C(OCc1ccccc1)N1CC(Oc2cc(Cl)nc(N3CCOCC3)c2)C1. The van der Waals surface area contributed by atoms with E-state index in [1.54, 1.807) is 11.0 Å². The number of anilines is 1. The smallest absolute Gasteiger partial charge is 0.410 e. The summed E-state index contributed by atoms with van der Waals surface area (Å²) in [6.07, 6.45) is -0.411. The van der Waals surface area contributed by atoms with Gasteiger partial charge in [-0.25, -0.2) is 9.78 Å². The Balaban J connectivity index is 1.27. The molecule has 0 saturated carbocycles. The molecule has 0 unspecified atom stereocenters. The van der Waals surface area contributed by atoms with Crippen LogP contribution in [0.4, 0.5) is 10.6 Å². The minimum absolute atomic E-state index is 0.0831. The van der Waals surface area contributed by atoms with Gasteiger partial charge in [0.1, 0.15) is 29.4 Å². The highest BCUT2D eigenvalue weighted by Gasteiger charge is 2.33. The van der Waals surface area contributed by atoms with Crippen molar-refractivity contribution in [2.45, 2.75) is 12.7 Å². The maximum atomic E-state index is 12.1. The van der Waals surface area contributed by atoms with Crippen molar-refractivity contribution in [3.8, 4) is 5.75 Å². The maximum Gasteiger partial charge on any atom is 0.410 e. The summed E-state index contributed by atoms with van der Waals surface area (Å²) in [5, 5.41) is 0.387. The third-order valence-corrected chi connectivity index (χ3v) is 4.90. The zero-order valence-corrected chi connectivity index (χ0v) is 16.2. The standard InChI is InChI=1S/C20H22ClN3O4/c21-18-10-16(11-19(22-18)23-6-8-26-9-7-23)28-17-12-24(13-17)20(25)27-14-15-4-2-1-3-5-15/h1-5,10-11,17H,6-9,12-14H2. The van der Waals surface area contributed by atoms with Gasteiger partial charge in [0, 0.05) is 25.2 Å². The Morgan fingerprint density at radius 3 is 2.68 bits per heavy atom. The number of pyridine rings is 1. The molecule has 4 rings (SSSR count). The highest BCUT2D eigenvalue weighted by Crippen LogP contribution is 2.26. The molecule has 1 amide bonds. The largest absolute Gasteiger partial charge is 0.486 e. The second-order valence-electron chi connectivity index (χ2n) is 6.77. The van der Waals surface area contributed by atoms with E-state index in [2.05, 4.69) is 9.88 Å². The van der Waals surface area contributed by atoms with E-state index in [0.717, 1.165) is 24.5 Å². The zero-order valence-electron chi connectivity index (χ0n) is 15.4. The molecule has 0 N–H and O–H groups in total. The molecule has 3 heterocycles. The first-order chi connectivity index (χ1) is 13.7. The summed E-state index contributed by atoms with van der Waals surface area (Å²) in [5.74, 6) is 1.44. The molecule has 28 heavy (non-hydrogen) atoms. The molecule has 0 bridgehead atoms. The number of halogens is 1. The Bertz CT molecular complexity index is 808. The number of nitrogens with zero attached hydrogens (tertiary/aromatic N) is 3. The molecule has 2 saturated heterocycles. The summed E-state index contributed by atoms with van der Waals surface area (Å²) in [7, 11) is 0. The van der Waals surface area contributed by atoms with Crippen LogP contribution in [0.5, 0.6) is 5.75 Å². The minimum Gasteiger partial charge on any atom is -0.486 e. The third-order valence-electron chi connectivity index (χ3n) is 4.70. The number of benzene rings is 1. The molecule has 0 aliphatic carbocycles. The molecule has 0 spiro atoms. The molecule has 1 aromatic carbocycles. The van der Waals surface area contributed by atoms with Crippen molar-refractivity contribution in [1.29, 1.82) is 0 Å². The fraction of sp³-hybridized carbons (Fsp3) is 0.400. The summed E-state index contributed by atoms with van der Waals surface area (Å²) < 4.78 is 16.7. The highest BCUT2D eigenvalue weighted by atomic mass is 35.5. The van der Waals surface area contributed by atoms with Gasteiger partial charge in [-0.05, 0) is 5.56 Å². The monoisotopic (exact) mass is 403 g/mol. The summed E-state index contributed by atoms with van der Waals surface area (Å²) in [5.41, 5.74) is 0.964. The molecule has 2 aromatic rings. The van der Waals surface area contributed by atoms with Crippen LogP contribution in [-0.4, -0.2) is 61.5 Å². The molecule has 148 valence electrons. The van der Waals surface area contributed by atoms with Gasteiger partial charge in [-0.2, -0.15) is 0 Å². The summed E-state index contributed by atoms with van der Waals surface area (Å²) in [6, 6.07) is 13.2. The molecule has 2 aliphatic rings. The van der Waals surface area contributed by atoms with Crippen LogP contribution in [0.1, 0.15) is 5.56 Å². The number of hydrogen-bond donors (Lipinski definition) is 0. The predicted octanol–water partition coefficient (Wildman–Crippen LogP) is 2.97. The fourth-order valence-electron chi connectivity index (χ4n) is 3.15. The van der Waals surface area contributed by atoms with Crippen molar-refractivity contribution in [2.24, 2.45) is 0 Å². The zero-order chi connectivity index (χ0) is 19.3. The van der Waals surface area contributed by atoms with Gasteiger partial charge in [-0.3, -0.25) is 0 Å². The van der Waals surface area contributed by atoms with Gasteiger partial charge >= 0.3 is 6.09 Å². The normalized spacial score (nSPS) is 17.2. The van der Waals surface area contributed by atoms with Crippen molar-refractivity contribution >= 4 is 23.5 Å². The van der Waals surface area contributed by atoms with Crippen LogP contribution in [-0.2, 0) is 16.1 Å². The number of carbonyl (C=O) groups excluding carboxylic acids is 1. The number of ether oxygens (including phenoxy) is 3. The number of aromatic nitrogens is 1. The quantitative estimate of drug-likeness (QED) is 0.715. The molecule has 0 radical (unpaired) electrons. The second-order valence-corrected chi connectivity index (χ2v) is 7.16. The average molecular weight is 404 g/mol. The van der Waals surface area contributed by atoms with Gasteiger partial charge < -0.3 is 24.0 Å². The Kier molecular flexibility index (Phi) is 5.83. The maximum absolute atomic E-state index is 12.1. The Morgan fingerprint density at radius 2 is 1.93 bits per heavy atom. The Morgan fingerprint density at radius 1 is 1.18 bits per heavy atom. The Labute approximate surface area is 168 Å². The van der Waals surface area contributed by atoms with E-state index in [1.165, 1.54) is 0 Å². The summed E-state index contributed by atoms with van der Waals surface area (Å²) in [6.45, 7) is 4.14. The van der Waals surface area contributed by atoms with Crippen molar-refractivity contribution in [3.05, 3.63) is 53.2 Å². The number of likely N-dealkylation sites (tertiary alicyclic amines) is 1.